The minimum absolute atomic E-state index is 1.03. The Morgan fingerprint density at radius 2 is 1.20 bits per heavy atom. The van der Waals surface area contributed by atoms with Crippen LogP contribution in [0.2, 0.25) is 0 Å². The molecule has 0 spiro atoms. The molecule has 3 heterocycles. The second kappa shape index (κ2) is 8.25. The van der Waals surface area contributed by atoms with Gasteiger partial charge in [-0.05, 0) is 47.2 Å². The second-order valence-electron chi connectivity index (χ2n) is 10.4. The maximum atomic E-state index is 5.35. The highest BCUT2D eigenvalue weighted by Crippen LogP contribution is 2.41. The van der Waals surface area contributed by atoms with Gasteiger partial charge < -0.3 is 4.57 Å². The van der Waals surface area contributed by atoms with Crippen LogP contribution in [0.3, 0.4) is 0 Å². The van der Waals surface area contributed by atoms with Crippen LogP contribution < -0.4 is 0 Å². The quantitative estimate of drug-likeness (QED) is 0.219. The Balaban J connectivity index is 1.35. The zero-order chi connectivity index (χ0) is 26.2. The van der Waals surface area contributed by atoms with Crippen LogP contribution in [0.4, 0.5) is 0 Å². The summed E-state index contributed by atoms with van der Waals surface area (Å²) < 4.78 is 4.94. The molecule has 3 aromatic heterocycles. The maximum absolute atomic E-state index is 5.35. The molecule has 0 amide bonds. The summed E-state index contributed by atoms with van der Waals surface area (Å²) in [4.78, 5) is 5.35. The molecule has 6 aromatic carbocycles. The fourth-order valence-electron chi connectivity index (χ4n) is 6.33. The standard InChI is InChI=1S/C37H22N2S/c1-2-11-24-22-33-31(21-23(24)10-1)27-14-5-7-18-32(27)39(33)26-13-9-12-25(20-26)35-28-15-3-4-16-29(28)37-36(38-35)30-17-6-8-19-34(30)40-37/h1-22H. The molecule has 0 aliphatic heterocycles. The van der Waals surface area contributed by atoms with Crippen LogP contribution in [-0.4, -0.2) is 9.55 Å². The van der Waals surface area contributed by atoms with Gasteiger partial charge in [0.25, 0.3) is 0 Å². The van der Waals surface area contributed by atoms with Crippen LogP contribution in [-0.2, 0) is 0 Å². The zero-order valence-corrected chi connectivity index (χ0v) is 22.3. The average Bonchev–Trinajstić information content (AvgIpc) is 3.55. The van der Waals surface area contributed by atoms with Crippen LogP contribution in [0, 0.1) is 0 Å². The van der Waals surface area contributed by atoms with Gasteiger partial charge in [-0.3, -0.25) is 0 Å². The van der Waals surface area contributed by atoms with Gasteiger partial charge >= 0.3 is 0 Å². The third-order valence-corrected chi connectivity index (χ3v) is 9.33. The van der Waals surface area contributed by atoms with E-state index in [0.29, 0.717) is 0 Å². The van der Waals surface area contributed by atoms with Crippen molar-refractivity contribution in [3.63, 3.8) is 0 Å². The normalized spacial score (nSPS) is 12.0. The molecule has 0 bridgehead atoms. The Morgan fingerprint density at radius 1 is 0.500 bits per heavy atom. The number of rotatable bonds is 2. The van der Waals surface area contributed by atoms with Crippen LogP contribution in [0.5, 0.6) is 0 Å². The molecule has 2 nitrogen and oxygen atoms in total. The molecule has 0 atom stereocenters. The summed E-state index contributed by atoms with van der Waals surface area (Å²) in [6, 6.07) is 48.2. The van der Waals surface area contributed by atoms with Gasteiger partial charge in [-0.2, -0.15) is 0 Å². The fraction of sp³-hybridized carbons (Fsp3) is 0. The van der Waals surface area contributed by atoms with E-state index in [2.05, 4.69) is 138 Å². The van der Waals surface area contributed by atoms with Crippen molar-refractivity contribution in [3.8, 4) is 16.9 Å². The van der Waals surface area contributed by atoms with Crippen molar-refractivity contribution in [1.29, 1.82) is 0 Å². The molecule has 0 unspecified atom stereocenters. The molecule has 0 fully saturated rings. The number of thiophene rings is 1. The molecule has 0 aliphatic carbocycles. The van der Waals surface area contributed by atoms with Crippen LogP contribution in [0.25, 0.3) is 80.6 Å². The largest absolute Gasteiger partial charge is 0.309 e. The van der Waals surface area contributed by atoms with E-state index in [1.54, 1.807) is 0 Å². The Bertz CT molecular complexity index is 2440. The van der Waals surface area contributed by atoms with Gasteiger partial charge in [0.15, 0.2) is 0 Å². The van der Waals surface area contributed by atoms with Crippen molar-refractivity contribution < 1.29 is 0 Å². The van der Waals surface area contributed by atoms with Gasteiger partial charge in [0.2, 0.25) is 0 Å². The molecule has 0 aliphatic rings. The van der Waals surface area contributed by atoms with Gasteiger partial charge in [-0.1, -0.05) is 97.1 Å². The number of pyridine rings is 1. The van der Waals surface area contributed by atoms with Crippen LogP contribution in [0.15, 0.2) is 133 Å². The minimum Gasteiger partial charge on any atom is -0.309 e. The Labute approximate surface area is 234 Å². The predicted octanol–water partition coefficient (Wildman–Crippen LogP) is 10.5. The van der Waals surface area contributed by atoms with Crippen molar-refractivity contribution in [1.82, 2.24) is 9.55 Å². The van der Waals surface area contributed by atoms with Gasteiger partial charge in [0.05, 0.1) is 26.9 Å². The lowest BCUT2D eigenvalue weighted by molar-refractivity contribution is 1.18. The van der Waals surface area contributed by atoms with E-state index in [-0.39, 0.29) is 0 Å². The zero-order valence-electron chi connectivity index (χ0n) is 21.5. The van der Waals surface area contributed by atoms with Gasteiger partial charge in [-0.25, -0.2) is 4.98 Å². The first-order chi connectivity index (χ1) is 19.8. The van der Waals surface area contributed by atoms with Crippen molar-refractivity contribution in [3.05, 3.63) is 133 Å². The first kappa shape index (κ1) is 21.9. The highest BCUT2D eigenvalue weighted by atomic mass is 32.1. The number of aromatic nitrogens is 2. The number of hydrogen-bond acceptors (Lipinski definition) is 2. The summed E-state index contributed by atoms with van der Waals surface area (Å²) in [6.45, 7) is 0. The molecule has 0 saturated heterocycles. The SMILES string of the molecule is c1cc(-c2nc3c4ccccc4sc3c3ccccc23)cc(-n2c3ccccc3c3cc4ccccc4cc32)c1. The lowest BCUT2D eigenvalue weighted by Crippen LogP contribution is -1.95. The Kier molecular flexibility index (Phi) is 4.52. The van der Waals surface area contributed by atoms with Crippen molar-refractivity contribution in [2.45, 2.75) is 0 Å². The van der Waals surface area contributed by atoms with E-state index in [1.807, 2.05) is 11.3 Å². The van der Waals surface area contributed by atoms with E-state index < -0.39 is 0 Å². The number of para-hydroxylation sites is 1. The van der Waals surface area contributed by atoms with E-state index in [4.69, 9.17) is 4.98 Å². The first-order valence-corrected chi connectivity index (χ1v) is 14.4. The Hall–Kier alpha value is -4.99. The summed E-state index contributed by atoms with van der Waals surface area (Å²) in [5, 5.41) is 8.72. The summed E-state index contributed by atoms with van der Waals surface area (Å²) >= 11 is 1.83. The predicted molar refractivity (Wildman–Crippen MR) is 172 cm³/mol. The molecule has 0 N–H and O–H groups in total. The van der Waals surface area contributed by atoms with Crippen molar-refractivity contribution >= 4 is 75.0 Å². The minimum atomic E-state index is 1.03. The van der Waals surface area contributed by atoms with Crippen molar-refractivity contribution in [2.24, 2.45) is 0 Å². The first-order valence-electron chi connectivity index (χ1n) is 13.6. The van der Waals surface area contributed by atoms with Crippen molar-refractivity contribution in [2.75, 3.05) is 0 Å². The third-order valence-electron chi connectivity index (χ3n) is 8.14. The number of fused-ring (bicyclic) bond motifs is 9. The summed E-state index contributed by atoms with van der Waals surface area (Å²) in [7, 11) is 0. The van der Waals surface area contributed by atoms with Crippen LogP contribution in [0.1, 0.15) is 0 Å². The van der Waals surface area contributed by atoms with E-state index >= 15 is 0 Å². The molecule has 0 radical (unpaired) electrons. The van der Waals surface area contributed by atoms with Gasteiger partial charge in [-0.15, -0.1) is 11.3 Å². The average molecular weight is 527 g/mol. The highest BCUT2D eigenvalue weighted by molar-refractivity contribution is 7.26. The monoisotopic (exact) mass is 526 g/mol. The van der Waals surface area contributed by atoms with Crippen LogP contribution >= 0.6 is 11.3 Å². The number of benzene rings is 6. The molecule has 9 rings (SSSR count). The summed E-state index contributed by atoms with van der Waals surface area (Å²) in [5.41, 5.74) is 6.80. The van der Waals surface area contributed by atoms with Gasteiger partial charge in [0, 0.05) is 42.9 Å². The summed E-state index contributed by atoms with van der Waals surface area (Å²) in [6.07, 6.45) is 0. The fourth-order valence-corrected chi connectivity index (χ4v) is 7.51. The molecule has 9 aromatic rings. The smallest absolute Gasteiger partial charge is 0.0902 e. The number of nitrogens with zero attached hydrogens (tertiary/aromatic N) is 2. The van der Waals surface area contributed by atoms with E-state index in [9.17, 15) is 0 Å². The molecular formula is C37H22N2S. The molecule has 0 saturated carbocycles. The molecular weight excluding hydrogens is 504 g/mol. The molecule has 40 heavy (non-hydrogen) atoms. The topological polar surface area (TPSA) is 17.8 Å². The summed E-state index contributed by atoms with van der Waals surface area (Å²) in [5.74, 6) is 0. The number of hydrogen-bond donors (Lipinski definition) is 0. The lowest BCUT2D eigenvalue weighted by Gasteiger charge is -2.12. The molecule has 186 valence electrons. The third kappa shape index (κ3) is 3.07. The second-order valence-corrected chi connectivity index (χ2v) is 11.5. The van der Waals surface area contributed by atoms with E-state index in [0.717, 1.165) is 22.5 Å². The Morgan fingerprint density at radius 3 is 2.08 bits per heavy atom. The lowest BCUT2D eigenvalue weighted by atomic mass is 10.0. The van der Waals surface area contributed by atoms with E-state index in [1.165, 1.54) is 58.1 Å². The van der Waals surface area contributed by atoms with Gasteiger partial charge in [0.1, 0.15) is 0 Å². The molecule has 3 heteroatoms. The maximum Gasteiger partial charge on any atom is 0.0902 e. The highest BCUT2D eigenvalue weighted by Gasteiger charge is 2.17.